The molecule has 0 amide bonds. The summed E-state index contributed by atoms with van der Waals surface area (Å²) < 4.78 is 0. The van der Waals surface area contributed by atoms with Gasteiger partial charge >= 0.3 is 0 Å². The van der Waals surface area contributed by atoms with Gasteiger partial charge in [0.05, 0.1) is 6.54 Å². The fourth-order valence-corrected chi connectivity index (χ4v) is 2.27. The van der Waals surface area contributed by atoms with Crippen molar-refractivity contribution >= 4 is 22.7 Å². The number of aromatic nitrogens is 1. The van der Waals surface area contributed by atoms with E-state index in [0.717, 1.165) is 28.5 Å². The molecule has 0 spiro atoms. The number of hydrogen-bond donors (Lipinski definition) is 2. The van der Waals surface area contributed by atoms with E-state index in [-0.39, 0.29) is 0 Å². The van der Waals surface area contributed by atoms with Crippen molar-refractivity contribution in [3.8, 4) is 0 Å². The summed E-state index contributed by atoms with van der Waals surface area (Å²) in [6.07, 6.45) is 1.90. The maximum Gasteiger partial charge on any atom is 0.112 e. The van der Waals surface area contributed by atoms with E-state index in [1.165, 1.54) is 4.88 Å². The largest absolute Gasteiger partial charge is 0.399 e. The highest BCUT2D eigenvalue weighted by molar-refractivity contribution is 7.11. The lowest BCUT2D eigenvalue weighted by molar-refractivity contribution is 1.10. The van der Waals surface area contributed by atoms with Gasteiger partial charge in [0, 0.05) is 22.4 Å². The second-order valence-corrected chi connectivity index (χ2v) is 5.11. The van der Waals surface area contributed by atoms with Gasteiger partial charge in [-0.15, -0.1) is 11.3 Å². The zero-order chi connectivity index (χ0) is 11.5. The van der Waals surface area contributed by atoms with E-state index in [2.05, 4.69) is 17.2 Å². The summed E-state index contributed by atoms with van der Waals surface area (Å²) in [4.78, 5) is 5.55. The molecule has 16 heavy (non-hydrogen) atoms. The predicted octanol–water partition coefficient (Wildman–Crippen LogP) is 2.95. The number of nitrogen functional groups attached to an aromatic ring is 1. The molecule has 0 radical (unpaired) electrons. The van der Waals surface area contributed by atoms with E-state index in [0.29, 0.717) is 0 Å². The predicted molar refractivity (Wildman–Crippen MR) is 69.8 cm³/mol. The van der Waals surface area contributed by atoms with E-state index in [9.17, 15) is 0 Å². The summed E-state index contributed by atoms with van der Waals surface area (Å²) in [6, 6.07) is 5.88. The van der Waals surface area contributed by atoms with Crippen molar-refractivity contribution in [2.45, 2.75) is 20.4 Å². The van der Waals surface area contributed by atoms with Gasteiger partial charge < -0.3 is 11.1 Å². The van der Waals surface area contributed by atoms with Crippen molar-refractivity contribution in [3.63, 3.8) is 0 Å². The Labute approximate surface area is 99.3 Å². The summed E-state index contributed by atoms with van der Waals surface area (Å²) in [5.41, 5.74) is 8.77. The van der Waals surface area contributed by atoms with Crippen LogP contribution in [0.25, 0.3) is 0 Å². The smallest absolute Gasteiger partial charge is 0.112 e. The number of rotatable bonds is 3. The highest BCUT2D eigenvalue weighted by Gasteiger charge is 2.01. The van der Waals surface area contributed by atoms with Gasteiger partial charge in [0.1, 0.15) is 5.01 Å². The topological polar surface area (TPSA) is 50.9 Å². The first-order valence-corrected chi connectivity index (χ1v) is 5.98. The molecule has 0 atom stereocenters. The average molecular weight is 233 g/mol. The lowest BCUT2D eigenvalue weighted by atomic mass is 10.2. The number of anilines is 2. The molecule has 0 saturated heterocycles. The second-order valence-electron chi connectivity index (χ2n) is 3.79. The normalized spacial score (nSPS) is 10.4. The third-order valence-electron chi connectivity index (χ3n) is 2.35. The molecule has 84 valence electrons. The van der Waals surface area contributed by atoms with E-state index in [1.54, 1.807) is 11.3 Å². The molecule has 3 N–H and O–H groups in total. The van der Waals surface area contributed by atoms with Crippen LogP contribution in [0.3, 0.4) is 0 Å². The van der Waals surface area contributed by atoms with Crippen molar-refractivity contribution in [1.29, 1.82) is 0 Å². The van der Waals surface area contributed by atoms with Crippen molar-refractivity contribution in [2.24, 2.45) is 0 Å². The van der Waals surface area contributed by atoms with Gasteiger partial charge in [-0.3, -0.25) is 0 Å². The van der Waals surface area contributed by atoms with Gasteiger partial charge in [-0.1, -0.05) is 0 Å². The molecule has 0 fully saturated rings. The van der Waals surface area contributed by atoms with E-state index in [1.807, 2.05) is 31.3 Å². The van der Waals surface area contributed by atoms with Crippen molar-refractivity contribution < 1.29 is 0 Å². The van der Waals surface area contributed by atoms with Gasteiger partial charge in [-0.05, 0) is 37.6 Å². The molecule has 0 bridgehead atoms. The molecular formula is C12H15N3S. The van der Waals surface area contributed by atoms with E-state index >= 15 is 0 Å². The van der Waals surface area contributed by atoms with E-state index in [4.69, 9.17) is 5.73 Å². The van der Waals surface area contributed by atoms with Gasteiger partial charge in [0.2, 0.25) is 0 Å². The van der Waals surface area contributed by atoms with Crippen molar-refractivity contribution in [2.75, 3.05) is 11.1 Å². The van der Waals surface area contributed by atoms with Crippen molar-refractivity contribution in [3.05, 3.63) is 39.8 Å². The number of nitrogens with one attached hydrogen (secondary N) is 1. The number of thiazole rings is 1. The first kappa shape index (κ1) is 11.0. The summed E-state index contributed by atoms with van der Waals surface area (Å²) in [6.45, 7) is 4.88. The van der Waals surface area contributed by atoms with Gasteiger partial charge in [-0.25, -0.2) is 4.98 Å². The van der Waals surface area contributed by atoms with Crippen LogP contribution < -0.4 is 11.1 Å². The molecule has 1 heterocycles. The van der Waals surface area contributed by atoms with Gasteiger partial charge in [0.15, 0.2) is 0 Å². The van der Waals surface area contributed by atoms with Crippen LogP contribution in [-0.4, -0.2) is 4.98 Å². The number of nitrogens with two attached hydrogens (primary N) is 1. The fourth-order valence-electron chi connectivity index (χ4n) is 1.54. The molecule has 0 unspecified atom stereocenters. The van der Waals surface area contributed by atoms with Crippen LogP contribution in [0.4, 0.5) is 11.4 Å². The average Bonchev–Trinajstić information content (AvgIpc) is 2.63. The molecule has 0 aliphatic carbocycles. The highest BCUT2D eigenvalue weighted by Crippen LogP contribution is 2.19. The van der Waals surface area contributed by atoms with Crippen LogP contribution in [0.5, 0.6) is 0 Å². The zero-order valence-electron chi connectivity index (χ0n) is 9.45. The quantitative estimate of drug-likeness (QED) is 0.801. The molecule has 3 nitrogen and oxygen atoms in total. The monoisotopic (exact) mass is 233 g/mol. The molecule has 2 rings (SSSR count). The molecule has 1 aromatic carbocycles. The molecular weight excluding hydrogens is 218 g/mol. The SMILES string of the molecule is Cc1cnc(CNc2ccc(N)cc2C)s1. The van der Waals surface area contributed by atoms with Gasteiger partial charge in [0.25, 0.3) is 0 Å². The first-order chi connectivity index (χ1) is 7.65. The number of hydrogen-bond acceptors (Lipinski definition) is 4. The Bertz CT molecular complexity index is 491. The van der Waals surface area contributed by atoms with Crippen LogP contribution in [0.15, 0.2) is 24.4 Å². The third kappa shape index (κ3) is 2.52. The van der Waals surface area contributed by atoms with E-state index < -0.39 is 0 Å². The van der Waals surface area contributed by atoms with Gasteiger partial charge in [-0.2, -0.15) is 0 Å². The van der Waals surface area contributed by atoms with Crippen LogP contribution in [0, 0.1) is 13.8 Å². The van der Waals surface area contributed by atoms with Crippen LogP contribution >= 0.6 is 11.3 Å². The second kappa shape index (κ2) is 4.53. The Balaban J connectivity index is 2.04. The zero-order valence-corrected chi connectivity index (χ0v) is 10.3. The summed E-state index contributed by atoms with van der Waals surface area (Å²) in [5, 5.41) is 4.47. The Kier molecular flexibility index (Phi) is 3.10. The standard InChI is InChI=1S/C12H15N3S/c1-8-5-10(13)3-4-11(8)14-7-12-15-6-9(2)16-12/h3-6,14H,7,13H2,1-2H3. The lowest BCUT2D eigenvalue weighted by Gasteiger charge is -2.08. The van der Waals surface area contributed by atoms with Crippen molar-refractivity contribution in [1.82, 2.24) is 4.98 Å². The van der Waals surface area contributed by atoms with Crippen LogP contribution in [-0.2, 0) is 6.54 Å². The molecule has 1 aromatic heterocycles. The Morgan fingerprint density at radius 1 is 1.38 bits per heavy atom. The fraction of sp³-hybridized carbons (Fsp3) is 0.250. The Morgan fingerprint density at radius 2 is 2.19 bits per heavy atom. The Hall–Kier alpha value is -1.55. The minimum Gasteiger partial charge on any atom is -0.399 e. The summed E-state index contributed by atoms with van der Waals surface area (Å²) in [5.74, 6) is 0. The highest BCUT2D eigenvalue weighted by atomic mass is 32.1. The maximum atomic E-state index is 5.70. The molecule has 0 aliphatic rings. The lowest BCUT2D eigenvalue weighted by Crippen LogP contribution is -2.00. The molecule has 0 aliphatic heterocycles. The van der Waals surface area contributed by atoms with Crippen LogP contribution in [0.2, 0.25) is 0 Å². The minimum absolute atomic E-state index is 0.767. The van der Waals surface area contributed by atoms with Crippen LogP contribution in [0.1, 0.15) is 15.4 Å². The summed E-state index contributed by atoms with van der Waals surface area (Å²) >= 11 is 1.72. The number of benzene rings is 1. The Morgan fingerprint density at radius 3 is 2.81 bits per heavy atom. The minimum atomic E-state index is 0.767. The summed E-state index contributed by atoms with van der Waals surface area (Å²) in [7, 11) is 0. The first-order valence-electron chi connectivity index (χ1n) is 5.16. The number of nitrogens with zero attached hydrogens (tertiary/aromatic N) is 1. The molecule has 4 heteroatoms. The molecule has 0 saturated carbocycles. The maximum absolute atomic E-state index is 5.70. The molecule has 2 aromatic rings. The number of aryl methyl sites for hydroxylation is 2. The third-order valence-corrected chi connectivity index (χ3v) is 3.26.